The summed E-state index contributed by atoms with van der Waals surface area (Å²) >= 11 is 1.57. The lowest BCUT2D eigenvalue weighted by atomic mass is 9.96. The summed E-state index contributed by atoms with van der Waals surface area (Å²) in [5.41, 5.74) is 4.26. The summed E-state index contributed by atoms with van der Waals surface area (Å²) in [5, 5.41) is 5.19. The van der Waals surface area contributed by atoms with E-state index in [9.17, 15) is 9.59 Å². The Balaban J connectivity index is 1.16. The van der Waals surface area contributed by atoms with Crippen LogP contribution in [-0.4, -0.2) is 91.9 Å². The number of amides is 2. The molecule has 0 bridgehead atoms. The largest absolute Gasteiger partial charge is 0.337 e. The fraction of sp³-hybridized carbons (Fsp3) is 0.405. The summed E-state index contributed by atoms with van der Waals surface area (Å²) in [5.74, 6) is 1.80. The van der Waals surface area contributed by atoms with Gasteiger partial charge >= 0.3 is 0 Å². The van der Waals surface area contributed by atoms with Gasteiger partial charge in [-0.05, 0) is 49.1 Å². The number of imidazole rings is 1. The minimum absolute atomic E-state index is 0.0383. The van der Waals surface area contributed by atoms with E-state index in [-0.39, 0.29) is 11.8 Å². The van der Waals surface area contributed by atoms with Gasteiger partial charge in [-0.25, -0.2) is 9.97 Å². The zero-order chi connectivity index (χ0) is 32.7. The zero-order valence-electron chi connectivity index (χ0n) is 27.7. The molecule has 2 amide bonds. The fourth-order valence-corrected chi connectivity index (χ4v) is 7.82. The third-order valence-electron chi connectivity index (χ3n) is 9.86. The molecule has 2 aliphatic heterocycles. The lowest BCUT2D eigenvalue weighted by Crippen LogP contribution is -2.47. The molecule has 2 fully saturated rings. The summed E-state index contributed by atoms with van der Waals surface area (Å²) in [6, 6.07) is 14.7. The molecule has 0 spiro atoms. The average Bonchev–Trinajstić information content (AvgIpc) is 3.84. The molecule has 7 rings (SSSR count). The summed E-state index contributed by atoms with van der Waals surface area (Å²) in [4.78, 5) is 42.9. The number of carbonyl (C=O) groups is 2. The van der Waals surface area contributed by atoms with Crippen molar-refractivity contribution in [3.63, 3.8) is 0 Å². The molecule has 0 radical (unpaired) electrons. The summed E-state index contributed by atoms with van der Waals surface area (Å²) in [6.45, 7) is 11.7. The van der Waals surface area contributed by atoms with Gasteiger partial charge in [-0.1, -0.05) is 56.3 Å². The first kappa shape index (κ1) is 31.3. The number of aromatic nitrogens is 4. The lowest BCUT2D eigenvalue weighted by Gasteiger charge is -2.32. The number of piperazine rings is 1. The first-order valence-corrected chi connectivity index (χ1v) is 17.6. The molecule has 9 nitrogen and oxygen atoms in total. The van der Waals surface area contributed by atoms with Crippen LogP contribution in [0.5, 0.6) is 0 Å². The van der Waals surface area contributed by atoms with Crippen molar-refractivity contribution in [2.75, 3.05) is 46.3 Å². The Morgan fingerprint density at radius 1 is 0.915 bits per heavy atom. The van der Waals surface area contributed by atoms with E-state index in [1.165, 1.54) is 0 Å². The van der Waals surface area contributed by atoms with E-state index in [0.29, 0.717) is 17.5 Å². The maximum atomic E-state index is 14.3. The number of hydrogen-bond donors (Lipinski definition) is 0. The van der Waals surface area contributed by atoms with Crippen molar-refractivity contribution in [3.8, 4) is 16.9 Å². The Morgan fingerprint density at radius 3 is 2.38 bits per heavy atom. The van der Waals surface area contributed by atoms with E-state index in [1.807, 2.05) is 27.7 Å². The lowest BCUT2D eigenvalue weighted by molar-refractivity contribution is 0.0660. The van der Waals surface area contributed by atoms with Crippen molar-refractivity contribution >= 4 is 33.9 Å². The number of piperidine rings is 1. The highest BCUT2D eigenvalue weighted by Gasteiger charge is 2.30. The molecule has 2 aromatic carbocycles. The first-order valence-electron chi connectivity index (χ1n) is 16.7. The maximum Gasteiger partial charge on any atom is 0.273 e. The van der Waals surface area contributed by atoms with Crippen molar-refractivity contribution < 1.29 is 9.59 Å². The SMILES string of the molecule is Cc1c(C(=O)N2CCN(C)CC2)c(-c2cccc3ccccc23)cn1-c1cncn1CC1CCN(C(=O)c2csc(C(C)C)n2)CC1. The second kappa shape index (κ2) is 13.1. The van der Waals surface area contributed by atoms with Gasteiger partial charge in [0.2, 0.25) is 0 Å². The van der Waals surface area contributed by atoms with Crippen LogP contribution in [0, 0.1) is 12.8 Å². The van der Waals surface area contributed by atoms with Crippen LogP contribution < -0.4 is 0 Å². The molecule has 5 heterocycles. The van der Waals surface area contributed by atoms with Crippen LogP contribution in [0.25, 0.3) is 27.7 Å². The molecular weight excluding hydrogens is 607 g/mol. The van der Waals surface area contributed by atoms with E-state index in [0.717, 1.165) is 103 Å². The number of benzene rings is 2. The van der Waals surface area contributed by atoms with Crippen LogP contribution in [-0.2, 0) is 6.54 Å². The molecule has 244 valence electrons. The summed E-state index contributed by atoms with van der Waals surface area (Å²) < 4.78 is 4.36. The third kappa shape index (κ3) is 6.12. The van der Waals surface area contributed by atoms with Crippen molar-refractivity contribution in [2.24, 2.45) is 5.92 Å². The normalized spacial score (nSPS) is 16.4. The van der Waals surface area contributed by atoms with Gasteiger partial charge in [0.1, 0.15) is 11.5 Å². The molecule has 2 aliphatic rings. The Labute approximate surface area is 280 Å². The second-order valence-electron chi connectivity index (χ2n) is 13.4. The van der Waals surface area contributed by atoms with E-state index in [2.05, 4.69) is 100 Å². The van der Waals surface area contributed by atoms with Gasteiger partial charge in [0, 0.05) is 74.6 Å². The molecule has 0 aliphatic carbocycles. The Bertz CT molecular complexity index is 1900. The van der Waals surface area contributed by atoms with Gasteiger partial charge in [-0.3, -0.25) is 9.59 Å². The maximum absolute atomic E-state index is 14.3. The molecule has 0 atom stereocenters. The third-order valence-corrected chi connectivity index (χ3v) is 11.0. The van der Waals surface area contributed by atoms with Gasteiger partial charge in [-0.2, -0.15) is 0 Å². The summed E-state index contributed by atoms with van der Waals surface area (Å²) in [7, 11) is 2.11. The second-order valence-corrected chi connectivity index (χ2v) is 14.3. The van der Waals surface area contributed by atoms with Crippen LogP contribution in [0.1, 0.15) is 64.2 Å². The van der Waals surface area contributed by atoms with Crippen LogP contribution in [0.15, 0.2) is 66.6 Å². The van der Waals surface area contributed by atoms with E-state index < -0.39 is 0 Å². The number of likely N-dealkylation sites (tertiary alicyclic amines) is 1. The minimum Gasteiger partial charge on any atom is -0.337 e. The van der Waals surface area contributed by atoms with Gasteiger partial charge < -0.3 is 23.8 Å². The topological polar surface area (TPSA) is 79.5 Å². The molecular formula is C37H43N7O2S. The highest BCUT2D eigenvalue weighted by atomic mass is 32.1. The molecule has 0 unspecified atom stereocenters. The molecule has 5 aromatic rings. The number of thiazole rings is 1. The standard InChI is InChI=1S/C37H43N7O2S/c1-25(2)35-39-32(23-47-35)36(45)41-14-12-27(13-15-41)21-43-24-38-20-33(43)44-22-31(30-11-7-9-28-8-5-6-10-29(28)30)34(26(44)3)37(46)42-18-16-40(4)17-19-42/h5-11,20,22-25,27H,12-19,21H2,1-4H3. The number of likely N-dealkylation sites (N-methyl/N-ethyl adjacent to an activating group) is 1. The monoisotopic (exact) mass is 649 g/mol. The highest BCUT2D eigenvalue weighted by Crippen LogP contribution is 2.36. The molecule has 47 heavy (non-hydrogen) atoms. The number of nitrogens with zero attached hydrogens (tertiary/aromatic N) is 7. The van der Waals surface area contributed by atoms with E-state index in [1.54, 1.807) is 11.3 Å². The predicted molar refractivity (Wildman–Crippen MR) is 187 cm³/mol. The van der Waals surface area contributed by atoms with Crippen molar-refractivity contribution in [1.29, 1.82) is 0 Å². The van der Waals surface area contributed by atoms with Crippen LogP contribution in [0.4, 0.5) is 0 Å². The van der Waals surface area contributed by atoms with E-state index in [4.69, 9.17) is 0 Å². The van der Waals surface area contributed by atoms with Crippen LogP contribution in [0.2, 0.25) is 0 Å². The van der Waals surface area contributed by atoms with Crippen LogP contribution >= 0.6 is 11.3 Å². The van der Waals surface area contributed by atoms with Crippen molar-refractivity contribution in [3.05, 3.63) is 88.5 Å². The minimum atomic E-state index is 0.0383. The Hall–Kier alpha value is -4.28. The number of carbonyl (C=O) groups excluding carboxylic acids is 2. The summed E-state index contributed by atoms with van der Waals surface area (Å²) in [6.07, 6.45) is 7.77. The van der Waals surface area contributed by atoms with Crippen LogP contribution in [0.3, 0.4) is 0 Å². The number of hydrogen-bond acceptors (Lipinski definition) is 6. The zero-order valence-corrected chi connectivity index (χ0v) is 28.5. The highest BCUT2D eigenvalue weighted by molar-refractivity contribution is 7.09. The fourth-order valence-electron chi connectivity index (χ4n) is 7.01. The van der Waals surface area contributed by atoms with Gasteiger partial charge in [0.25, 0.3) is 11.8 Å². The molecule has 0 saturated carbocycles. The van der Waals surface area contributed by atoms with Gasteiger partial charge in [-0.15, -0.1) is 11.3 Å². The number of rotatable bonds is 7. The first-order chi connectivity index (χ1) is 22.8. The number of fused-ring (bicyclic) bond motifs is 1. The predicted octanol–water partition coefficient (Wildman–Crippen LogP) is 6.32. The molecule has 0 N–H and O–H groups in total. The Morgan fingerprint density at radius 2 is 1.64 bits per heavy atom. The quantitative estimate of drug-likeness (QED) is 0.206. The van der Waals surface area contributed by atoms with E-state index >= 15 is 0 Å². The van der Waals surface area contributed by atoms with Crippen molar-refractivity contribution in [1.82, 2.24) is 33.8 Å². The van der Waals surface area contributed by atoms with Gasteiger partial charge in [0.05, 0.1) is 23.1 Å². The molecule has 2 saturated heterocycles. The molecule has 3 aromatic heterocycles. The van der Waals surface area contributed by atoms with Gasteiger partial charge in [0.15, 0.2) is 0 Å². The average molecular weight is 650 g/mol. The molecule has 10 heteroatoms. The Kier molecular flexibility index (Phi) is 8.72. The smallest absolute Gasteiger partial charge is 0.273 e. The van der Waals surface area contributed by atoms with Crippen molar-refractivity contribution in [2.45, 2.75) is 46.1 Å².